The Morgan fingerprint density at radius 3 is 2.45 bits per heavy atom. The number of carbonyl (C=O) groups excluding carboxylic acids is 1. The molecule has 55 heavy (non-hydrogen) atoms. The fourth-order valence-electron chi connectivity index (χ4n) is 7.54. The molecule has 0 aliphatic carbocycles. The zero-order valence-corrected chi connectivity index (χ0v) is 34.6. The third kappa shape index (κ3) is 11.6. The second-order valence-electron chi connectivity index (χ2n) is 15.2. The first-order valence-corrected chi connectivity index (χ1v) is 21.4. The van der Waals surface area contributed by atoms with Gasteiger partial charge in [-0.3, -0.25) is 13.5 Å². The molecule has 4 aromatic rings. The van der Waals surface area contributed by atoms with E-state index in [9.17, 15) is 9.00 Å². The van der Waals surface area contributed by atoms with Gasteiger partial charge in [0.15, 0.2) is 0 Å². The van der Waals surface area contributed by atoms with Crippen LogP contribution >= 0.6 is 0 Å². The number of anilines is 1. The first-order valence-electron chi connectivity index (χ1n) is 20.1. The molecule has 8 nitrogen and oxygen atoms in total. The van der Waals surface area contributed by atoms with Gasteiger partial charge in [-0.25, -0.2) is 4.98 Å². The molecule has 0 saturated heterocycles. The predicted octanol–water partition coefficient (Wildman–Crippen LogP) is 9.79. The van der Waals surface area contributed by atoms with Crippen LogP contribution in [0, 0.1) is 19.8 Å². The van der Waals surface area contributed by atoms with Gasteiger partial charge in [-0.2, -0.15) is 0 Å². The van der Waals surface area contributed by atoms with Crippen molar-refractivity contribution >= 4 is 28.1 Å². The van der Waals surface area contributed by atoms with Crippen LogP contribution in [0.3, 0.4) is 0 Å². The third-order valence-electron chi connectivity index (χ3n) is 10.2. The van der Waals surface area contributed by atoms with Gasteiger partial charge in [-0.15, -0.1) is 0 Å². The number of nitrogens with one attached hydrogen (secondary N) is 1. The van der Waals surface area contributed by atoms with Crippen molar-refractivity contribution in [2.75, 3.05) is 38.2 Å². The molecular weight excluding hydrogens is 705 g/mol. The third-order valence-corrected chi connectivity index (χ3v) is 11.7. The highest BCUT2D eigenvalue weighted by Crippen LogP contribution is 2.36. The van der Waals surface area contributed by atoms with Crippen LogP contribution in [0.2, 0.25) is 0 Å². The number of benzene rings is 3. The predicted molar refractivity (Wildman–Crippen MR) is 225 cm³/mol. The summed E-state index contributed by atoms with van der Waals surface area (Å²) in [6.07, 6.45) is 10.7. The van der Waals surface area contributed by atoms with Gasteiger partial charge in [-0.1, -0.05) is 64.4 Å². The number of nitrogens with zero attached hydrogens (tertiary/aromatic N) is 3. The van der Waals surface area contributed by atoms with E-state index >= 15 is 0 Å². The molecule has 0 bridgehead atoms. The van der Waals surface area contributed by atoms with E-state index in [0.717, 1.165) is 102 Å². The van der Waals surface area contributed by atoms with Crippen molar-refractivity contribution in [2.45, 2.75) is 97.4 Å². The quantitative estimate of drug-likeness (QED) is 0.0760. The monoisotopic (exact) mass is 765 g/mol. The van der Waals surface area contributed by atoms with Gasteiger partial charge < -0.3 is 19.4 Å². The summed E-state index contributed by atoms with van der Waals surface area (Å²) in [4.78, 5) is 19.1. The molecule has 3 aromatic carbocycles. The van der Waals surface area contributed by atoms with E-state index in [4.69, 9.17) is 9.47 Å². The number of amides is 1. The summed E-state index contributed by atoms with van der Waals surface area (Å²) >= 11 is 0. The number of allylic oxidation sites excluding steroid dienone is 2. The minimum Gasteiger partial charge on any atom is -0.491 e. The van der Waals surface area contributed by atoms with Crippen molar-refractivity contribution in [3.63, 3.8) is 0 Å². The van der Waals surface area contributed by atoms with E-state index in [2.05, 4.69) is 91.1 Å². The number of imidazole rings is 1. The molecule has 2 unspecified atom stereocenters. The van der Waals surface area contributed by atoms with E-state index in [1.54, 1.807) is 0 Å². The first kappa shape index (κ1) is 41.8. The number of hydrogen-bond donors (Lipinski definition) is 1. The Hall–Kier alpha value is -4.31. The lowest BCUT2D eigenvalue weighted by Gasteiger charge is -2.42. The van der Waals surface area contributed by atoms with E-state index in [1.807, 2.05) is 56.6 Å². The van der Waals surface area contributed by atoms with Crippen molar-refractivity contribution in [1.29, 1.82) is 0 Å². The minimum atomic E-state index is -1.24. The summed E-state index contributed by atoms with van der Waals surface area (Å²) in [5.41, 5.74) is 7.85. The van der Waals surface area contributed by atoms with Gasteiger partial charge in [0.25, 0.3) is 5.91 Å². The highest BCUT2D eigenvalue weighted by molar-refractivity contribution is 7.84. The molecule has 1 aliphatic heterocycles. The van der Waals surface area contributed by atoms with Crippen molar-refractivity contribution in [2.24, 2.45) is 5.92 Å². The molecule has 1 amide bonds. The molecule has 1 N–H and O–H groups in total. The molecule has 2 atom stereocenters. The smallest absolute Gasteiger partial charge is 0.251 e. The Kier molecular flexibility index (Phi) is 15.6. The van der Waals surface area contributed by atoms with Crippen LogP contribution in [0.5, 0.6) is 5.75 Å². The zero-order valence-electron chi connectivity index (χ0n) is 33.8. The zero-order chi connectivity index (χ0) is 39.2. The Balaban J connectivity index is 1.39. The Morgan fingerprint density at radius 2 is 1.75 bits per heavy atom. The van der Waals surface area contributed by atoms with E-state index in [1.165, 1.54) is 11.3 Å². The SMILES string of the molecule is CCCCOCCOc1ccc(C2=CC=C(C(=O)Nc3ccc(S(=O)Cc4c(C)ncn4CCC)c(C)c3)CCC[N+]2(Cc2ccccc2)CC(C)C)cc1. The number of carbonyl (C=O) groups is 1. The maximum Gasteiger partial charge on any atom is 0.251 e. The van der Waals surface area contributed by atoms with Gasteiger partial charge in [0.05, 0.1) is 54.0 Å². The molecule has 5 rings (SSSR count). The maximum atomic E-state index is 13.9. The van der Waals surface area contributed by atoms with Crippen molar-refractivity contribution < 1.29 is 23.0 Å². The molecular formula is C46H61N4O4S+. The standard InChI is InChI=1S/C46H60N4O4S/c1-7-9-27-53-28-29-54-42-21-17-39(18-22-42)44-23-19-40(16-13-26-50(44,31-35(3)4)32-38-14-11-10-12-15-38)46(51)48-41-20-24-45(36(5)30-41)55(52)33-43-37(6)47-34-49(43)25-8-2/h10-12,14-15,17-24,30,34-35H,7-9,13,16,25-29,31-33H2,1-6H3/p+1. The van der Waals surface area contributed by atoms with Crippen LogP contribution in [0.15, 0.2) is 102 Å². The Morgan fingerprint density at radius 1 is 0.964 bits per heavy atom. The first-order chi connectivity index (χ1) is 26.6. The number of quaternary nitrogens is 1. The molecule has 2 heterocycles. The minimum absolute atomic E-state index is 0.111. The summed E-state index contributed by atoms with van der Waals surface area (Å²) in [6, 6.07) is 24.8. The van der Waals surface area contributed by atoms with E-state index < -0.39 is 10.8 Å². The lowest BCUT2D eigenvalue weighted by atomic mass is 9.97. The Bertz CT molecular complexity index is 1930. The van der Waals surface area contributed by atoms with Crippen LogP contribution < -0.4 is 10.1 Å². The average Bonchev–Trinajstić information content (AvgIpc) is 3.49. The van der Waals surface area contributed by atoms with E-state index in [-0.39, 0.29) is 5.91 Å². The van der Waals surface area contributed by atoms with E-state index in [0.29, 0.717) is 37.0 Å². The molecule has 294 valence electrons. The number of unbranched alkanes of at least 4 members (excludes halogenated alkanes) is 1. The van der Waals surface area contributed by atoms with Crippen LogP contribution in [0.25, 0.3) is 5.70 Å². The van der Waals surface area contributed by atoms with Crippen molar-refractivity contribution in [3.05, 3.63) is 125 Å². The van der Waals surface area contributed by atoms with Crippen molar-refractivity contribution in [1.82, 2.24) is 9.55 Å². The number of aryl methyl sites for hydroxylation is 3. The lowest BCUT2D eigenvalue weighted by Crippen LogP contribution is -2.49. The molecule has 0 fully saturated rings. The highest BCUT2D eigenvalue weighted by atomic mass is 32.2. The molecule has 0 radical (unpaired) electrons. The highest BCUT2D eigenvalue weighted by Gasteiger charge is 2.36. The largest absolute Gasteiger partial charge is 0.491 e. The number of aromatic nitrogens is 2. The molecule has 0 spiro atoms. The fraction of sp³-hybridized carbons (Fsp3) is 0.435. The van der Waals surface area contributed by atoms with Crippen molar-refractivity contribution in [3.8, 4) is 5.75 Å². The van der Waals surface area contributed by atoms with Gasteiger partial charge >= 0.3 is 0 Å². The molecule has 0 saturated carbocycles. The van der Waals surface area contributed by atoms with Gasteiger partial charge in [0, 0.05) is 58.8 Å². The summed E-state index contributed by atoms with van der Waals surface area (Å²) in [7, 11) is -1.24. The fourth-order valence-corrected chi connectivity index (χ4v) is 8.95. The van der Waals surface area contributed by atoms with Gasteiger partial charge in [0.1, 0.15) is 24.6 Å². The second kappa shape index (κ2) is 20.6. The summed E-state index contributed by atoms with van der Waals surface area (Å²) in [6.45, 7) is 18.2. The van der Waals surface area contributed by atoms with Gasteiger partial charge in [-0.05, 0) is 87.2 Å². The summed E-state index contributed by atoms with van der Waals surface area (Å²) in [5, 5.41) is 3.16. The lowest BCUT2D eigenvalue weighted by molar-refractivity contribution is -0.876. The second-order valence-corrected chi connectivity index (χ2v) is 16.6. The average molecular weight is 766 g/mol. The summed E-state index contributed by atoms with van der Waals surface area (Å²) in [5.74, 6) is 1.57. The number of ether oxygens (including phenoxy) is 2. The summed E-state index contributed by atoms with van der Waals surface area (Å²) < 4.78 is 28.1. The van der Waals surface area contributed by atoms with Crippen LogP contribution in [0.1, 0.15) is 87.9 Å². The Labute approximate surface area is 331 Å². The van der Waals surface area contributed by atoms with Crippen LogP contribution in [0.4, 0.5) is 5.69 Å². The molecule has 1 aliphatic rings. The topological polar surface area (TPSA) is 82.4 Å². The molecule has 9 heteroatoms. The van der Waals surface area contributed by atoms with Crippen LogP contribution in [-0.4, -0.2) is 57.1 Å². The normalized spacial score (nSPS) is 16.6. The van der Waals surface area contributed by atoms with Gasteiger partial charge in [0.2, 0.25) is 0 Å². The van der Waals surface area contributed by atoms with Crippen LogP contribution in [-0.2, 0) is 39.2 Å². The number of hydrogen-bond acceptors (Lipinski definition) is 5. The maximum absolute atomic E-state index is 13.9. The number of rotatable bonds is 19. The molecule has 1 aromatic heterocycles.